The van der Waals surface area contributed by atoms with Gasteiger partial charge in [0.15, 0.2) is 0 Å². The van der Waals surface area contributed by atoms with Crippen molar-refractivity contribution in [3.8, 4) is 11.5 Å². The molecule has 1 fully saturated rings. The molecule has 1 heterocycles. The third-order valence-electron chi connectivity index (χ3n) is 6.83. The molecule has 1 aromatic heterocycles. The summed E-state index contributed by atoms with van der Waals surface area (Å²) in [6, 6.07) is 13.3. The largest absolute Gasteiger partial charge is 0.497 e. The fourth-order valence-electron chi connectivity index (χ4n) is 4.67. The molecule has 5 rings (SSSR count). The lowest BCUT2D eigenvalue weighted by molar-refractivity contribution is -0.145. The first-order valence-electron chi connectivity index (χ1n) is 12.5. The number of nitrogen functional groups attached to an aromatic ring is 1. The van der Waals surface area contributed by atoms with Gasteiger partial charge in [-0.15, -0.1) is 12.4 Å². The number of nitrogens with two attached hydrogens (primary N) is 1. The Labute approximate surface area is 233 Å². The van der Waals surface area contributed by atoms with Gasteiger partial charge in [0.05, 0.1) is 26.1 Å². The number of carbonyl (C=O) groups is 3. The number of aryl methyl sites for hydroxylation is 1. The fourth-order valence-corrected chi connectivity index (χ4v) is 4.67. The molecule has 2 unspecified atom stereocenters. The van der Waals surface area contributed by atoms with E-state index in [1.807, 2.05) is 42.5 Å². The summed E-state index contributed by atoms with van der Waals surface area (Å²) in [7, 11) is 3.28. The molecular formula is C28H36ClN3O7. The van der Waals surface area contributed by atoms with Gasteiger partial charge in [-0.3, -0.25) is 20.2 Å². The first-order valence-corrected chi connectivity index (χ1v) is 12.5. The second-order valence-electron chi connectivity index (χ2n) is 9.31. The van der Waals surface area contributed by atoms with Crippen LogP contribution in [-0.4, -0.2) is 47.1 Å². The zero-order valence-electron chi connectivity index (χ0n) is 22.1. The van der Waals surface area contributed by atoms with Gasteiger partial charge in [0.1, 0.15) is 17.3 Å². The molecule has 0 amide bonds. The Balaban J connectivity index is 0.000000219. The van der Waals surface area contributed by atoms with Crippen LogP contribution in [0, 0.1) is 11.8 Å². The molecular weight excluding hydrogens is 526 g/mol. The van der Waals surface area contributed by atoms with Crippen LogP contribution in [0.4, 0.5) is 5.69 Å². The first kappa shape index (κ1) is 31.5. The number of aliphatic carboxylic acids is 2. The number of hydrogen-bond donors (Lipinski definition) is 5. The highest BCUT2D eigenvalue weighted by Crippen LogP contribution is 2.33. The van der Waals surface area contributed by atoms with Crippen LogP contribution >= 0.6 is 12.4 Å². The van der Waals surface area contributed by atoms with Gasteiger partial charge < -0.3 is 30.1 Å². The number of anilines is 1. The van der Waals surface area contributed by atoms with Crippen molar-refractivity contribution in [2.75, 3.05) is 19.6 Å². The molecule has 2 atom stereocenters. The van der Waals surface area contributed by atoms with Crippen LogP contribution in [0.15, 0.2) is 42.5 Å². The van der Waals surface area contributed by atoms with E-state index in [-0.39, 0.29) is 30.5 Å². The summed E-state index contributed by atoms with van der Waals surface area (Å²) in [6.07, 6.45) is 4.36. The monoisotopic (exact) mass is 561 g/mol. The van der Waals surface area contributed by atoms with E-state index >= 15 is 0 Å². The van der Waals surface area contributed by atoms with Gasteiger partial charge >= 0.3 is 11.9 Å². The number of H-pyrrole nitrogens is 1. The molecule has 2 aliphatic carbocycles. The molecule has 0 spiro atoms. The van der Waals surface area contributed by atoms with Crippen molar-refractivity contribution < 1.29 is 34.1 Å². The Morgan fingerprint density at radius 3 is 2.08 bits per heavy atom. The van der Waals surface area contributed by atoms with Crippen LogP contribution in [0.2, 0.25) is 0 Å². The number of Topliss-reactive ketones (excluding diaryl/α,β-unsaturated/α-hetero) is 1. The quantitative estimate of drug-likeness (QED) is 0.221. The van der Waals surface area contributed by atoms with Gasteiger partial charge in [-0.05, 0) is 73.7 Å². The predicted octanol–water partition coefficient (Wildman–Crippen LogP) is 4.60. The van der Waals surface area contributed by atoms with E-state index in [0.717, 1.165) is 46.6 Å². The van der Waals surface area contributed by atoms with Gasteiger partial charge in [-0.2, -0.15) is 0 Å². The number of rotatable bonds is 5. The number of nitrogens with one attached hydrogen (secondary N) is 2. The number of ether oxygens (including phenoxy) is 2. The van der Waals surface area contributed by atoms with Crippen LogP contribution in [0.25, 0.3) is 10.9 Å². The second-order valence-corrected chi connectivity index (χ2v) is 9.31. The lowest BCUT2D eigenvalue weighted by Gasteiger charge is -2.18. The summed E-state index contributed by atoms with van der Waals surface area (Å²) in [4.78, 5) is 35.4. The van der Waals surface area contributed by atoms with Gasteiger partial charge in [-0.25, -0.2) is 0 Å². The Kier molecular flexibility index (Phi) is 12.1. The molecule has 0 saturated heterocycles. The minimum Gasteiger partial charge on any atom is -0.497 e. The predicted molar refractivity (Wildman–Crippen MR) is 151 cm³/mol. The van der Waals surface area contributed by atoms with Gasteiger partial charge in [0.2, 0.25) is 0 Å². The van der Waals surface area contributed by atoms with E-state index in [1.165, 1.54) is 5.56 Å². The molecule has 0 aliphatic heterocycles. The van der Waals surface area contributed by atoms with Crippen LogP contribution in [0.1, 0.15) is 43.4 Å². The molecule has 0 radical (unpaired) electrons. The zero-order chi connectivity index (χ0) is 27.7. The fraction of sp³-hybridized carbons (Fsp3) is 0.393. The molecule has 3 aromatic rings. The summed E-state index contributed by atoms with van der Waals surface area (Å²) < 4.78 is 10.2. The standard InChI is InChI=1S/C14H15NO3.C7H10N2O.C7H10O3.ClH/c1-18-9-3-5-12-11(7-9)10-4-2-8(14(16)17)6-13(10)15-12;1-10-7-4-2-6(9-8)3-5-7;8-6-3-1-2-5(4-6)7(9)10;/h3,5,7-8,15H,2,4,6H2,1H3,(H,16,17);2-5,9H,8H2,1H3;5H,1-4H2,(H,9,10);1H. The third-order valence-corrected chi connectivity index (χ3v) is 6.83. The minimum atomic E-state index is -0.826. The highest BCUT2D eigenvalue weighted by molar-refractivity contribution is 5.87. The van der Waals surface area contributed by atoms with Gasteiger partial charge in [-0.1, -0.05) is 0 Å². The number of hydrogen-bond acceptors (Lipinski definition) is 7. The van der Waals surface area contributed by atoms with Gasteiger partial charge in [0, 0.05) is 41.5 Å². The van der Waals surface area contributed by atoms with E-state index in [0.29, 0.717) is 25.7 Å². The maximum atomic E-state index is 11.0. The van der Waals surface area contributed by atoms with Crippen molar-refractivity contribution in [2.45, 2.75) is 44.9 Å². The summed E-state index contributed by atoms with van der Waals surface area (Å²) in [6.45, 7) is 0. The van der Waals surface area contributed by atoms with Crippen molar-refractivity contribution in [3.05, 3.63) is 53.7 Å². The van der Waals surface area contributed by atoms with Crippen LogP contribution in [0.5, 0.6) is 11.5 Å². The topological polar surface area (TPSA) is 164 Å². The SMILES string of the molecule is COc1ccc(NN)cc1.COc1ccc2[nH]c3c(c2c1)CCC(C(=O)O)C3.Cl.O=C1CCCC(C(=O)O)C1. The van der Waals surface area contributed by atoms with E-state index in [2.05, 4.69) is 10.4 Å². The lowest BCUT2D eigenvalue weighted by atomic mass is 9.87. The van der Waals surface area contributed by atoms with Crippen LogP contribution < -0.4 is 20.7 Å². The second kappa shape index (κ2) is 15.0. The number of aromatic nitrogens is 1. The summed E-state index contributed by atoms with van der Waals surface area (Å²) >= 11 is 0. The average Bonchev–Trinajstić information content (AvgIpc) is 3.30. The summed E-state index contributed by atoms with van der Waals surface area (Å²) in [5.74, 6) is 4.73. The van der Waals surface area contributed by atoms with Crippen molar-refractivity contribution in [2.24, 2.45) is 17.7 Å². The Bertz CT molecular complexity index is 1240. The van der Waals surface area contributed by atoms with E-state index in [1.54, 1.807) is 14.2 Å². The highest BCUT2D eigenvalue weighted by Gasteiger charge is 2.27. The number of carboxylic acid groups (broad SMARTS) is 2. The third kappa shape index (κ3) is 8.62. The molecule has 10 nitrogen and oxygen atoms in total. The van der Waals surface area contributed by atoms with Gasteiger partial charge in [0.25, 0.3) is 0 Å². The van der Waals surface area contributed by atoms with E-state index in [4.69, 9.17) is 25.5 Å². The lowest BCUT2D eigenvalue weighted by Crippen LogP contribution is -2.22. The molecule has 212 valence electrons. The molecule has 6 N–H and O–H groups in total. The zero-order valence-corrected chi connectivity index (χ0v) is 22.9. The Morgan fingerprint density at radius 2 is 1.54 bits per heavy atom. The molecule has 11 heteroatoms. The van der Waals surface area contributed by atoms with Crippen LogP contribution in [-0.2, 0) is 27.2 Å². The summed E-state index contributed by atoms with van der Waals surface area (Å²) in [5, 5.41) is 18.8. The number of aromatic amines is 1. The number of hydrazine groups is 1. The first-order chi connectivity index (χ1) is 18.2. The van der Waals surface area contributed by atoms with E-state index < -0.39 is 17.9 Å². The smallest absolute Gasteiger partial charge is 0.306 e. The number of fused-ring (bicyclic) bond motifs is 3. The average molecular weight is 562 g/mol. The van der Waals surface area contributed by atoms with Crippen LogP contribution in [0.3, 0.4) is 0 Å². The Morgan fingerprint density at radius 1 is 0.923 bits per heavy atom. The molecule has 2 aromatic carbocycles. The van der Waals surface area contributed by atoms with Crippen molar-refractivity contribution >= 4 is 46.7 Å². The van der Waals surface area contributed by atoms with Crippen molar-refractivity contribution in [1.82, 2.24) is 4.98 Å². The summed E-state index contributed by atoms with van der Waals surface area (Å²) in [5.41, 5.74) is 6.78. The molecule has 0 bridgehead atoms. The maximum Gasteiger partial charge on any atom is 0.306 e. The number of carbonyl (C=O) groups excluding carboxylic acids is 1. The normalized spacial score (nSPS) is 17.7. The molecule has 2 aliphatic rings. The number of halogens is 1. The minimum absolute atomic E-state index is 0. The maximum absolute atomic E-state index is 11.0. The molecule has 1 saturated carbocycles. The van der Waals surface area contributed by atoms with E-state index in [9.17, 15) is 14.4 Å². The molecule has 39 heavy (non-hydrogen) atoms. The van der Waals surface area contributed by atoms with Crippen molar-refractivity contribution in [1.29, 1.82) is 0 Å². The number of benzene rings is 2. The van der Waals surface area contributed by atoms with Crippen molar-refractivity contribution in [3.63, 3.8) is 0 Å². The Hall–Kier alpha value is -3.76. The number of ketones is 1. The number of carboxylic acids is 2. The number of methoxy groups -OCH3 is 2. The highest BCUT2D eigenvalue weighted by atomic mass is 35.5.